The van der Waals surface area contributed by atoms with E-state index in [1.807, 2.05) is 0 Å². The van der Waals surface area contributed by atoms with Crippen molar-refractivity contribution in [2.24, 2.45) is 5.92 Å². The minimum absolute atomic E-state index is 0.217. The van der Waals surface area contributed by atoms with E-state index in [1.54, 1.807) is 0 Å². The molecule has 1 aromatic carbocycles. The van der Waals surface area contributed by atoms with Gasteiger partial charge in [0.1, 0.15) is 0 Å². The third-order valence-corrected chi connectivity index (χ3v) is 3.35. The second-order valence-corrected chi connectivity index (χ2v) is 5.45. The highest BCUT2D eigenvalue weighted by molar-refractivity contribution is 5.67. The van der Waals surface area contributed by atoms with Gasteiger partial charge in [-0.1, -0.05) is 26.0 Å². The molecule has 3 nitrogen and oxygen atoms in total. The van der Waals surface area contributed by atoms with E-state index in [-0.39, 0.29) is 6.42 Å². The third kappa shape index (κ3) is 3.03. The lowest BCUT2D eigenvalue weighted by molar-refractivity contribution is -0.136. The predicted molar refractivity (Wildman–Crippen MR) is 73.2 cm³/mol. The number of fused-ring (bicyclic) bond motifs is 1. The highest BCUT2D eigenvalue weighted by atomic mass is 16.4. The summed E-state index contributed by atoms with van der Waals surface area (Å²) in [7, 11) is 0. The van der Waals surface area contributed by atoms with Crippen LogP contribution in [-0.4, -0.2) is 24.2 Å². The molecule has 1 heterocycles. The van der Waals surface area contributed by atoms with Crippen LogP contribution in [0.3, 0.4) is 0 Å². The largest absolute Gasteiger partial charge is 0.481 e. The summed E-state index contributed by atoms with van der Waals surface area (Å²) < 4.78 is 0. The first kappa shape index (κ1) is 12.9. The monoisotopic (exact) mass is 247 g/mol. The van der Waals surface area contributed by atoms with Crippen molar-refractivity contribution in [2.45, 2.75) is 33.1 Å². The van der Waals surface area contributed by atoms with Gasteiger partial charge in [0.25, 0.3) is 0 Å². The van der Waals surface area contributed by atoms with E-state index in [0.717, 1.165) is 25.1 Å². The van der Waals surface area contributed by atoms with Gasteiger partial charge in [-0.25, -0.2) is 0 Å². The standard InChI is InChI=1S/C15H21NO2/c1-11(2)10-16-8-7-13-9-12(3-5-14(13)16)4-6-15(17)18/h3,5,9,11H,4,6-8,10H2,1-2H3,(H,17,18). The van der Waals surface area contributed by atoms with Crippen LogP contribution in [0.4, 0.5) is 5.69 Å². The van der Waals surface area contributed by atoms with Gasteiger partial charge in [0.05, 0.1) is 0 Å². The topological polar surface area (TPSA) is 40.5 Å². The SMILES string of the molecule is CC(C)CN1CCc2cc(CCC(=O)O)ccc21. The number of nitrogens with zero attached hydrogens (tertiary/aromatic N) is 1. The fourth-order valence-corrected chi connectivity index (χ4v) is 2.56. The predicted octanol–water partition coefficient (Wildman–Crippen LogP) is 2.72. The lowest BCUT2D eigenvalue weighted by atomic mass is 10.0. The Hall–Kier alpha value is -1.51. The van der Waals surface area contributed by atoms with Crippen LogP contribution >= 0.6 is 0 Å². The first-order valence-corrected chi connectivity index (χ1v) is 6.65. The Kier molecular flexibility index (Phi) is 3.90. The lowest BCUT2D eigenvalue weighted by Gasteiger charge is -2.21. The number of aliphatic carboxylic acids is 1. The van der Waals surface area contributed by atoms with Gasteiger partial charge in [-0.3, -0.25) is 4.79 Å². The van der Waals surface area contributed by atoms with Crippen LogP contribution in [0.2, 0.25) is 0 Å². The molecule has 1 aliphatic heterocycles. The zero-order chi connectivity index (χ0) is 13.1. The van der Waals surface area contributed by atoms with Crippen LogP contribution in [0.5, 0.6) is 0 Å². The summed E-state index contributed by atoms with van der Waals surface area (Å²) in [6, 6.07) is 6.40. The van der Waals surface area contributed by atoms with Crippen molar-refractivity contribution in [2.75, 3.05) is 18.0 Å². The second kappa shape index (κ2) is 5.42. The van der Waals surface area contributed by atoms with Crippen LogP contribution in [0, 0.1) is 5.92 Å². The molecule has 0 spiro atoms. The summed E-state index contributed by atoms with van der Waals surface area (Å²) in [5, 5.41) is 8.70. The molecule has 0 saturated heterocycles. The molecule has 0 bridgehead atoms. The summed E-state index contributed by atoms with van der Waals surface area (Å²) in [5.41, 5.74) is 3.85. The van der Waals surface area contributed by atoms with E-state index >= 15 is 0 Å². The number of carboxylic acid groups (broad SMARTS) is 1. The number of carbonyl (C=O) groups is 1. The molecule has 98 valence electrons. The Morgan fingerprint density at radius 1 is 1.44 bits per heavy atom. The highest BCUT2D eigenvalue weighted by Crippen LogP contribution is 2.29. The van der Waals surface area contributed by atoms with E-state index in [1.165, 1.54) is 11.3 Å². The average Bonchev–Trinajstić information content (AvgIpc) is 2.68. The van der Waals surface area contributed by atoms with Gasteiger partial charge in [0.15, 0.2) is 0 Å². The zero-order valence-electron chi connectivity index (χ0n) is 11.1. The van der Waals surface area contributed by atoms with Crippen LogP contribution in [0.25, 0.3) is 0 Å². The Bertz CT molecular complexity index is 440. The minimum atomic E-state index is -0.725. The second-order valence-electron chi connectivity index (χ2n) is 5.45. The fourth-order valence-electron chi connectivity index (χ4n) is 2.56. The molecule has 0 saturated carbocycles. The van der Waals surface area contributed by atoms with Crippen LogP contribution in [-0.2, 0) is 17.6 Å². The number of aryl methyl sites for hydroxylation is 1. The lowest BCUT2D eigenvalue weighted by Crippen LogP contribution is -2.25. The molecule has 1 aromatic rings. The first-order valence-electron chi connectivity index (χ1n) is 6.65. The maximum atomic E-state index is 10.6. The van der Waals surface area contributed by atoms with Crippen molar-refractivity contribution in [3.63, 3.8) is 0 Å². The highest BCUT2D eigenvalue weighted by Gasteiger charge is 2.19. The summed E-state index contributed by atoms with van der Waals surface area (Å²) in [6.45, 7) is 6.66. The van der Waals surface area contributed by atoms with E-state index in [9.17, 15) is 4.79 Å². The third-order valence-electron chi connectivity index (χ3n) is 3.35. The van der Waals surface area contributed by atoms with Gasteiger partial charge in [0, 0.05) is 25.2 Å². The number of hydrogen-bond acceptors (Lipinski definition) is 2. The number of rotatable bonds is 5. The van der Waals surface area contributed by atoms with E-state index in [0.29, 0.717) is 12.3 Å². The van der Waals surface area contributed by atoms with Crippen molar-refractivity contribution in [1.82, 2.24) is 0 Å². The first-order chi connectivity index (χ1) is 8.56. The molecule has 1 N–H and O–H groups in total. The maximum Gasteiger partial charge on any atom is 0.303 e. The molecule has 0 aliphatic carbocycles. The van der Waals surface area contributed by atoms with Gasteiger partial charge in [-0.05, 0) is 36.0 Å². The average molecular weight is 247 g/mol. The summed E-state index contributed by atoms with van der Waals surface area (Å²) >= 11 is 0. The van der Waals surface area contributed by atoms with Crippen LogP contribution in [0.1, 0.15) is 31.4 Å². The molecule has 0 unspecified atom stereocenters. The quantitative estimate of drug-likeness (QED) is 0.869. The van der Waals surface area contributed by atoms with E-state index < -0.39 is 5.97 Å². The van der Waals surface area contributed by atoms with Gasteiger partial charge in [0.2, 0.25) is 0 Å². The number of anilines is 1. The molecule has 1 aliphatic rings. The Labute approximate surface area is 108 Å². The Morgan fingerprint density at radius 2 is 2.22 bits per heavy atom. The van der Waals surface area contributed by atoms with Crippen LogP contribution in [0.15, 0.2) is 18.2 Å². The Balaban J connectivity index is 2.07. The number of hydrogen-bond donors (Lipinski definition) is 1. The van der Waals surface area contributed by atoms with Crippen molar-refractivity contribution in [3.8, 4) is 0 Å². The molecule has 0 atom stereocenters. The molecular formula is C15H21NO2. The fraction of sp³-hybridized carbons (Fsp3) is 0.533. The van der Waals surface area contributed by atoms with Crippen molar-refractivity contribution in [3.05, 3.63) is 29.3 Å². The van der Waals surface area contributed by atoms with Crippen molar-refractivity contribution in [1.29, 1.82) is 0 Å². The summed E-state index contributed by atoms with van der Waals surface area (Å²) in [5.74, 6) is -0.0560. The van der Waals surface area contributed by atoms with E-state index in [4.69, 9.17) is 5.11 Å². The van der Waals surface area contributed by atoms with Crippen molar-refractivity contribution < 1.29 is 9.90 Å². The molecule has 18 heavy (non-hydrogen) atoms. The molecule has 0 aromatic heterocycles. The number of benzene rings is 1. The normalized spacial score (nSPS) is 14.1. The number of carboxylic acids is 1. The summed E-state index contributed by atoms with van der Waals surface area (Å²) in [4.78, 5) is 13.0. The molecule has 0 amide bonds. The minimum Gasteiger partial charge on any atom is -0.481 e. The molecule has 2 rings (SSSR count). The van der Waals surface area contributed by atoms with E-state index in [2.05, 4.69) is 36.9 Å². The smallest absolute Gasteiger partial charge is 0.303 e. The maximum absolute atomic E-state index is 10.6. The molecule has 0 fully saturated rings. The van der Waals surface area contributed by atoms with Crippen LogP contribution < -0.4 is 4.90 Å². The molecule has 0 radical (unpaired) electrons. The molecule has 3 heteroatoms. The van der Waals surface area contributed by atoms with Gasteiger partial charge in [-0.15, -0.1) is 0 Å². The Morgan fingerprint density at radius 3 is 2.89 bits per heavy atom. The van der Waals surface area contributed by atoms with Gasteiger partial charge in [-0.2, -0.15) is 0 Å². The van der Waals surface area contributed by atoms with Gasteiger partial charge < -0.3 is 10.0 Å². The molecular weight excluding hydrogens is 226 g/mol. The van der Waals surface area contributed by atoms with Gasteiger partial charge >= 0.3 is 5.97 Å². The zero-order valence-corrected chi connectivity index (χ0v) is 11.1. The summed E-state index contributed by atoms with van der Waals surface area (Å²) in [6.07, 6.45) is 1.93. The van der Waals surface area contributed by atoms with Crippen molar-refractivity contribution >= 4 is 11.7 Å².